The van der Waals surface area contributed by atoms with Crippen molar-refractivity contribution < 1.29 is 27.8 Å². The number of rotatable bonds is 6. The number of anilines is 2. The highest BCUT2D eigenvalue weighted by atomic mass is 19.4. The van der Waals surface area contributed by atoms with Crippen molar-refractivity contribution in [3.8, 4) is 17.1 Å². The molecule has 160 valence electrons. The fourth-order valence-corrected chi connectivity index (χ4v) is 3.49. The molecular weight excluding hydrogens is 411 g/mol. The Bertz CT molecular complexity index is 1100. The molecule has 0 radical (unpaired) electrons. The number of benzene rings is 2. The van der Waals surface area contributed by atoms with E-state index in [2.05, 4.69) is 20.0 Å². The Balaban J connectivity index is 1.60. The minimum absolute atomic E-state index is 0.0542. The van der Waals surface area contributed by atoms with Gasteiger partial charge in [0.1, 0.15) is 11.6 Å². The fraction of sp³-hybridized carbons (Fsp3) is 0.227. The number of alkyl halides is 3. The van der Waals surface area contributed by atoms with Crippen molar-refractivity contribution >= 4 is 17.5 Å². The van der Waals surface area contributed by atoms with E-state index in [1.807, 2.05) is 0 Å². The average molecular weight is 429 g/mol. The van der Waals surface area contributed by atoms with Crippen molar-refractivity contribution in [1.29, 1.82) is 0 Å². The first kappa shape index (κ1) is 20.6. The van der Waals surface area contributed by atoms with E-state index in [1.54, 1.807) is 24.3 Å². The van der Waals surface area contributed by atoms with E-state index >= 15 is 0 Å². The number of fused-ring (bicyclic) bond motifs is 1. The number of aryl methyl sites for hydroxylation is 1. The second-order valence-corrected chi connectivity index (χ2v) is 7.14. The van der Waals surface area contributed by atoms with Crippen LogP contribution < -0.4 is 10.1 Å². The van der Waals surface area contributed by atoms with Crippen molar-refractivity contribution in [2.45, 2.75) is 32.0 Å². The van der Waals surface area contributed by atoms with Gasteiger partial charge >= 0.3 is 12.3 Å². The van der Waals surface area contributed by atoms with E-state index in [1.165, 1.54) is 24.3 Å². The number of carboxylic acids is 1. The fourth-order valence-electron chi connectivity index (χ4n) is 3.49. The summed E-state index contributed by atoms with van der Waals surface area (Å²) in [6, 6.07) is 12.5. The van der Waals surface area contributed by atoms with Crippen LogP contribution in [0.4, 0.5) is 24.7 Å². The third-order valence-electron chi connectivity index (χ3n) is 4.85. The van der Waals surface area contributed by atoms with Gasteiger partial charge in [0.05, 0.1) is 6.42 Å². The molecule has 0 fully saturated rings. The predicted molar refractivity (Wildman–Crippen MR) is 107 cm³/mol. The van der Waals surface area contributed by atoms with Crippen LogP contribution in [0.2, 0.25) is 0 Å². The maximum atomic E-state index is 12.4. The molecule has 0 saturated heterocycles. The highest BCUT2D eigenvalue weighted by Crippen LogP contribution is 2.32. The Kier molecular flexibility index (Phi) is 5.50. The lowest BCUT2D eigenvalue weighted by atomic mass is 10.1. The summed E-state index contributed by atoms with van der Waals surface area (Å²) in [4.78, 5) is 20.0. The van der Waals surface area contributed by atoms with E-state index in [0.717, 1.165) is 36.2 Å². The first-order valence-electron chi connectivity index (χ1n) is 9.60. The number of carboxylic acid groups (broad SMARTS) is 1. The van der Waals surface area contributed by atoms with Crippen molar-refractivity contribution in [2.75, 3.05) is 5.32 Å². The number of hydrogen-bond acceptors (Lipinski definition) is 5. The number of aliphatic carboxylic acids is 1. The van der Waals surface area contributed by atoms with Gasteiger partial charge < -0.3 is 15.2 Å². The van der Waals surface area contributed by atoms with E-state index in [0.29, 0.717) is 22.8 Å². The molecule has 0 unspecified atom stereocenters. The van der Waals surface area contributed by atoms with Crippen LogP contribution in [-0.2, 0) is 24.1 Å². The quantitative estimate of drug-likeness (QED) is 0.580. The third-order valence-corrected chi connectivity index (χ3v) is 4.85. The Labute approximate surface area is 175 Å². The number of ether oxygens (including phenoxy) is 1. The maximum absolute atomic E-state index is 12.4. The highest BCUT2D eigenvalue weighted by Gasteiger charge is 2.31. The van der Waals surface area contributed by atoms with Gasteiger partial charge in [0.25, 0.3) is 0 Å². The van der Waals surface area contributed by atoms with Gasteiger partial charge in [0.2, 0.25) is 0 Å². The molecule has 0 aliphatic heterocycles. The molecule has 0 amide bonds. The average Bonchev–Trinajstić information content (AvgIpc) is 3.17. The first-order valence-corrected chi connectivity index (χ1v) is 9.60. The van der Waals surface area contributed by atoms with Gasteiger partial charge in [0.15, 0.2) is 5.82 Å². The van der Waals surface area contributed by atoms with Crippen molar-refractivity contribution in [1.82, 2.24) is 9.97 Å². The molecular formula is C22H18F3N3O3. The van der Waals surface area contributed by atoms with E-state index < -0.39 is 12.3 Å². The number of nitrogens with zero attached hydrogens (tertiary/aromatic N) is 2. The Morgan fingerprint density at radius 2 is 1.74 bits per heavy atom. The number of aromatic nitrogens is 2. The zero-order chi connectivity index (χ0) is 22.0. The van der Waals surface area contributed by atoms with Gasteiger partial charge in [-0.2, -0.15) is 0 Å². The number of nitrogens with one attached hydrogen (secondary N) is 1. The van der Waals surface area contributed by atoms with Crippen molar-refractivity contribution in [2.24, 2.45) is 0 Å². The standard InChI is InChI=1S/C22H18F3N3O3/c23-22(24,25)31-16-10-6-14(7-11-16)20-27-18-3-1-2-17(18)21(28-20)26-15-8-4-13(5-9-15)12-19(29)30/h4-11H,1-3,12H2,(H,29,30)(H,26,27,28). The van der Waals surface area contributed by atoms with Crippen LogP contribution in [0, 0.1) is 0 Å². The first-order chi connectivity index (χ1) is 14.8. The summed E-state index contributed by atoms with van der Waals surface area (Å²) in [5.74, 6) is -0.161. The van der Waals surface area contributed by atoms with Gasteiger partial charge in [-0.15, -0.1) is 13.2 Å². The second kappa shape index (κ2) is 8.25. The zero-order valence-electron chi connectivity index (χ0n) is 16.2. The summed E-state index contributed by atoms with van der Waals surface area (Å²) in [6.45, 7) is 0. The van der Waals surface area contributed by atoms with Gasteiger partial charge in [0, 0.05) is 22.5 Å². The van der Waals surface area contributed by atoms with E-state index in [4.69, 9.17) is 5.11 Å². The predicted octanol–water partition coefficient (Wildman–Crippen LogP) is 4.90. The second-order valence-electron chi connectivity index (χ2n) is 7.14. The van der Waals surface area contributed by atoms with Crippen LogP contribution in [0.15, 0.2) is 48.5 Å². The van der Waals surface area contributed by atoms with Crippen LogP contribution >= 0.6 is 0 Å². The largest absolute Gasteiger partial charge is 0.573 e. The summed E-state index contributed by atoms with van der Waals surface area (Å²) in [6.07, 6.45) is -2.23. The maximum Gasteiger partial charge on any atom is 0.573 e. The van der Waals surface area contributed by atoms with Gasteiger partial charge in [-0.3, -0.25) is 4.79 Å². The summed E-state index contributed by atoms with van der Waals surface area (Å²) in [5.41, 5.74) is 3.93. The number of halogens is 3. The summed E-state index contributed by atoms with van der Waals surface area (Å²) >= 11 is 0. The lowest BCUT2D eigenvalue weighted by Gasteiger charge is -2.13. The molecule has 0 spiro atoms. The third kappa shape index (κ3) is 5.11. The zero-order valence-corrected chi connectivity index (χ0v) is 16.2. The van der Waals surface area contributed by atoms with Crippen LogP contribution in [-0.4, -0.2) is 27.4 Å². The van der Waals surface area contributed by atoms with Crippen LogP contribution in [0.5, 0.6) is 5.75 Å². The SMILES string of the molecule is O=C(O)Cc1ccc(Nc2nc(-c3ccc(OC(F)(F)F)cc3)nc3c2CCC3)cc1. The topological polar surface area (TPSA) is 84.3 Å². The Morgan fingerprint density at radius 3 is 2.39 bits per heavy atom. The minimum atomic E-state index is -4.75. The summed E-state index contributed by atoms with van der Waals surface area (Å²) in [7, 11) is 0. The van der Waals surface area contributed by atoms with Crippen LogP contribution in [0.1, 0.15) is 23.2 Å². The normalized spacial score (nSPS) is 13.0. The molecule has 4 rings (SSSR count). The molecule has 0 atom stereocenters. The monoisotopic (exact) mass is 429 g/mol. The van der Waals surface area contributed by atoms with Crippen LogP contribution in [0.25, 0.3) is 11.4 Å². The van der Waals surface area contributed by atoms with E-state index in [-0.39, 0.29) is 12.2 Å². The molecule has 0 bridgehead atoms. The molecule has 1 aliphatic carbocycles. The molecule has 0 saturated carbocycles. The minimum Gasteiger partial charge on any atom is -0.481 e. The molecule has 6 nitrogen and oxygen atoms in total. The van der Waals surface area contributed by atoms with Crippen LogP contribution in [0.3, 0.4) is 0 Å². The van der Waals surface area contributed by atoms with Gasteiger partial charge in [-0.1, -0.05) is 12.1 Å². The van der Waals surface area contributed by atoms with Gasteiger partial charge in [-0.05, 0) is 61.2 Å². The molecule has 1 heterocycles. The molecule has 3 aromatic rings. The summed E-state index contributed by atoms with van der Waals surface area (Å²) < 4.78 is 41.0. The lowest BCUT2D eigenvalue weighted by Crippen LogP contribution is -2.16. The highest BCUT2D eigenvalue weighted by molar-refractivity contribution is 5.71. The molecule has 1 aromatic heterocycles. The Morgan fingerprint density at radius 1 is 1.03 bits per heavy atom. The molecule has 1 aliphatic rings. The number of hydrogen-bond donors (Lipinski definition) is 2. The summed E-state index contributed by atoms with van der Waals surface area (Å²) in [5, 5.41) is 12.2. The lowest BCUT2D eigenvalue weighted by molar-refractivity contribution is -0.274. The Hall–Kier alpha value is -3.62. The van der Waals surface area contributed by atoms with Crippen molar-refractivity contribution in [3.05, 3.63) is 65.4 Å². The molecule has 31 heavy (non-hydrogen) atoms. The smallest absolute Gasteiger partial charge is 0.481 e. The van der Waals surface area contributed by atoms with E-state index in [9.17, 15) is 18.0 Å². The molecule has 2 aromatic carbocycles. The molecule has 9 heteroatoms. The number of carbonyl (C=O) groups is 1. The molecule has 2 N–H and O–H groups in total. The van der Waals surface area contributed by atoms with Crippen molar-refractivity contribution in [3.63, 3.8) is 0 Å². The van der Waals surface area contributed by atoms with Gasteiger partial charge in [-0.25, -0.2) is 9.97 Å².